The molecule has 0 aliphatic heterocycles. The number of hydrogen-bond donors (Lipinski definition) is 2. The fraction of sp³-hybridized carbons (Fsp3) is 0.400. The van der Waals surface area contributed by atoms with Gasteiger partial charge in [0.15, 0.2) is 0 Å². The molecule has 0 fully saturated rings. The Morgan fingerprint density at radius 3 is 2.29 bits per heavy atom. The van der Waals surface area contributed by atoms with E-state index in [9.17, 15) is 18.0 Å². The van der Waals surface area contributed by atoms with Gasteiger partial charge in [-0.05, 0) is 42.3 Å². The molecule has 10 heteroatoms. The molecule has 2 N–H and O–H groups in total. The van der Waals surface area contributed by atoms with Gasteiger partial charge in [0.05, 0.1) is 29.1 Å². The molecule has 0 unspecified atom stereocenters. The van der Waals surface area contributed by atoms with Gasteiger partial charge in [-0.25, -0.2) is 13.4 Å². The molecule has 1 aromatic heterocycles. The van der Waals surface area contributed by atoms with Crippen molar-refractivity contribution < 1.29 is 22.7 Å². The number of amides is 1. The number of hydrogen-bond acceptors (Lipinski definition) is 6. The number of imidazole rings is 1. The lowest BCUT2D eigenvalue weighted by Crippen LogP contribution is -2.19. The van der Waals surface area contributed by atoms with Gasteiger partial charge in [-0.15, -0.1) is 0 Å². The minimum absolute atomic E-state index is 0.191. The topological polar surface area (TPSA) is 119 Å². The summed E-state index contributed by atoms with van der Waals surface area (Å²) in [5.41, 5.74) is 2.97. The molecular formula is C25H32N4O5S. The quantitative estimate of drug-likeness (QED) is 0.336. The fourth-order valence-electron chi connectivity index (χ4n) is 3.75. The zero-order valence-electron chi connectivity index (χ0n) is 20.7. The monoisotopic (exact) mass is 500 g/mol. The molecule has 9 nitrogen and oxygen atoms in total. The number of aromatic nitrogens is 2. The van der Waals surface area contributed by atoms with E-state index in [1.165, 1.54) is 13.8 Å². The van der Waals surface area contributed by atoms with Gasteiger partial charge in [-0.3, -0.25) is 14.3 Å². The molecule has 1 heterocycles. The van der Waals surface area contributed by atoms with Gasteiger partial charge in [-0.1, -0.05) is 32.9 Å². The van der Waals surface area contributed by atoms with E-state index < -0.39 is 10.0 Å². The van der Waals surface area contributed by atoms with Crippen LogP contribution in [0, 0.1) is 0 Å². The van der Waals surface area contributed by atoms with Crippen molar-refractivity contribution in [2.75, 3.05) is 16.6 Å². The summed E-state index contributed by atoms with van der Waals surface area (Å²) in [6, 6.07) is 12.0. The summed E-state index contributed by atoms with van der Waals surface area (Å²) in [7, 11) is -3.67. The number of sulfonamides is 1. The van der Waals surface area contributed by atoms with Crippen LogP contribution in [0.25, 0.3) is 11.0 Å². The molecular weight excluding hydrogens is 468 g/mol. The summed E-state index contributed by atoms with van der Waals surface area (Å²) in [4.78, 5) is 27.0. The van der Waals surface area contributed by atoms with Gasteiger partial charge in [0.2, 0.25) is 15.9 Å². The van der Waals surface area contributed by atoms with Crippen LogP contribution < -0.4 is 10.0 Å². The SMILES string of the molecule is CC(=O)Nc1ccc(CS(=O)(=O)Nc2ccc3c(c2)nc(C(C)(C)C)n3CCCOC(C)=O)cc1. The highest BCUT2D eigenvalue weighted by Crippen LogP contribution is 2.29. The van der Waals surface area contributed by atoms with Gasteiger partial charge in [-0.2, -0.15) is 0 Å². The van der Waals surface area contributed by atoms with E-state index >= 15 is 0 Å². The lowest BCUT2D eigenvalue weighted by Gasteiger charge is -2.20. The fourth-order valence-corrected chi connectivity index (χ4v) is 4.94. The van der Waals surface area contributed by atoms with Gasteiger partial charge in [0.25, 0.3) is 0 Å². The number of nitrogens with zero attached hydrogens (tertiary/aromatic N) is 2. The van der Waals surface area contributed by atoms with Crippen molar-refractivity contribution in [3.05, 3.63) is 53.9 Å². The second-order valence-corrected chi connectivity index (χ2v) is 11.2. The third kappa shape index (κ3) is 7.29. The van der Waals surface area contributed by atoms with Gasteiger partial charge >= 0.3 is 5.97 Å². The molecule has 0 saturated carbocycles. The molecule has 3 rings (SSSR count). The molecule has 0 radical (unpaired) electrons. The van der Waals surface area contributed by atoms with Gasteiger partial charge in [0.1, 0.15) is 5.82 Å². The van der Waals surface area contributed by atoms with Crippen molar-refractivity contribution in [3.63, 3.8) is 0 Å². The Balaban J connectivity index is 1.79. The molecule has 188 valence electrons. The van der Waals surface area contributed by atoms with Crippen molar-refractivity contribution in [2.45, 2.75) is 58.8 Å². The highest BCUT2D eigenvalue weighted by Gasteiger charge is 2.23. The van der Waals surface area contributed by atoms with Crippen LogP contribution in [0.3, 0.4) is 0 Å². The highest BCUT2D eigenvalue weighted by molar-refractivity contribution is 7.91. The van der Waals surface area contributed by atoms with Crippen LogP contribution in [-0.4, -0.2) is 36.5 Å². The second-order valence-electron chi connectivity index (χ2n) is 9.47. The van der Waals surface area contributed by atoms with Crippen LogP contribution in [0.15, 0.2) is 42.5 Å². The Hall–Kier alpha value is -3.40. The van der Waals surface area contributed by atoms with Crippen LogP contribution >= 0.6 is 0 Å². The molecule has 35 heavy (non-hydrogen) atoms. The Labute approximate surface area is 205 Å². The number of carbonyl (C=O) groups is 2. The van der Waals surface area contributed by atoms with Crippen molar-refractivity contribution in [1.29, 1.82) is 0 Å². The third-order valence-electron chi connectivity index (χ3n) is 5.15. The largest absolute Gasteiger partial charge is 0.466 e. The molecule has 0 bridgehead atoms. The van der Waals surface area contributed by atoms with E-state index in [2.05, 4.69) is 35.4 Å². The zero-order chi connectivity index (χ0) is 25.8. The standard InChI is InChI=1S/C25H32N4O5S/c1-17(30)26-20-9-7-19(8-10-20)16-35(32,33)28-21-11-12-23-22(15-21)27-24(25(3,4)5)29(23)13-6-14-34-18(2)31/h7-12,15,28H,6,13-14,16H2,1-5H3,(H,26,30). The molecule has 0 atom stereocenters. The number of rotatable bonds is 9. The zero-order valence-corrected chi connectivity index (χ0v) is 21.5. The van der Waals surface area contributed by atoms with Crippen LogP contribution in [0.4, 0.5) is 11.4 Å². The number of aryl methyl sites for hydroxylation is 1. The highest BCUT2D eigenvalue weighted by atomic mass is 32.2. The predicted molar refractivity (Wildman–Crippen MR) is 137 cm³/mol. The lowest BCUT2D eigenvalue weighted by molar-refractivity contribution is -0.141. The summed E-state index contributed by atoms with van der Waals surface area (Å²) in [6.07, 6.45) is 0.642. The Morgan fingerprint density at radius 2 is 1.69 bits per heavy atom. The van der Waals surface area contributed by atoms with Crippen LogP contribution in [0.5, 0.6) is 0 Å². The van der Waals surface area contributed by atoms with E-state index in [4.69, 9.17) is 9.72 Å². The van der Waals surface area contributed by atoms with E-state index in [1.807, 2.05) is 6.07 Å². The van der Waals surface area contributed by atoms with Crippen LogP contribution in [-0.2, 0) is 42.1 Å². The first-order valence-corrected chi connectivity index (χ1v) is 13.0. The molecule has 2 aromatic carbocycles. The Kier molecular flexibility index (Phi) is 7.84. The van der Waals surface area contributed by atoms with Gasteiger partial charge in [0, 0.05) is 31.5 Å². The molecule has 0 aliphatic rings. The smallest absolute Gasteiger partial charge is 0.302 e. The normalized spacial score (nSPS) is 11.9. The minimum Gasteiger partial charge on any atom is -0.466 e. The van der Waals surface area contributed by atoms with E-state index in [1.54, 1.807) is 36.4 Å². The second kappa shape index (κ2) is 10.5. The number of ether oxygens (including phenoxy) is 1. The van der Waals surface area contributed by atoms with Crippen LogP contribution in [0.1, 0.15) is 52.4 Å². The van der Waals surface area contributed by atoms with Gasteiger partial charge < -0.3 is 14.6 Å². The predicted octanol–water partition coefficient (Wildman–Crippen LogP) is 4.19. The first-order chi connectivity index (χ1) is 16.3. The molecule has 3 aromatic rings. The molecule has 0 aliphatic carbocycles. The molecule has 0 spiro atoms. The summed E-state index contributed by atoms with van der Waals surface area (Å²) < 4.78 is 35.3. The molecule has 0 saturated heterocycles. The average molecular weight is 501 g/mol. The van der Waals surface area contributed by atoms with E-state index in [0.29, 0.717) is 42.0 Å². The Bertz CT molecular complexity index is 1320. The first-order valence-electron chi connectivity index (χ1n) is 11.4. The minimum atomic E-state index is -3.67. The number of benzene rings is 2. The van der Waals surface area contributed by atoms with Crippen LogP contribution in [0.2, 0.25) is 0 Å². The summed E-state index contributed by atoms with van der Waals surface area (Å²) >= 11 is 0. The van der Waals surface area contributed by atoms with Crippen molar-refractivity contribution in [3.8, 4) is 0 Å². The maximum atomic E-state index is 12.8. The van der Waals surface area contributed by atoms with Crippen molar-refractivity contribution >= 4 is 44.3 Å². The Morgan fingerprint density at radius 1 is 1.03 bits per heavy atom. The number of esters is 1. The maximum absolute atomic E-state index is 12.8. The maximum Gasteiger partial charge on any atom is 0.302 e. The van der Waals surface area contributed by atoms with E-state index in [0.717, 1.165) is 11.3 Å². The lowest BCUT2D eigenvalue weighted by atomic mass is 9.95. The average Bonchev–Trinajstić information content (AvgIpc) is 3.10. The van der Waals surface area contributed by atoms with Crippen molar-refractivity contribution in [1.82, 2.24) is 9.55 Å². The number of fused-ring (bicyclic) bond motifs is 1. The van der Waals surface area contributed by atoms with E-state index in [-0.39, 0.29) is 23.0 Å². The summed E-state index contributed by atoms with van der Waals surface area (Å²) in [5.74, 6) is 0.166. The summed E-state index contributed by atoms with van der Waals surface area (Å²) in [5, 5.41) is 2.65. The molecule has 1 amide bonds. The number of nitrogens with one attached hydrogen (secondary N) is 2. The third-order valence-corrected chi connectivity index (χ3v) is 6.41. The summed E-state index contributed by atoms with van der Waals surface area (Å²) in [6.45, 7) is 9.94. The number of carbonyl (C=O) groups excluding carboxylic acids is 2. The first kappa shape index (κ1) is 26.2. The van der Waals surface area contributed by atoms with Crippen molar-refractivity contribution in [2.24, 2.45) is 0 Å². The number of anilines is 2.